The predicted molar refractivity (Wildman–Crippen MR) is 118 cm³/mol. The van der Waals surface area contributed by atoms with Crippen LogP contribution in [-0.4, -0.2) is 39.2 Å². The summed E-state index contributed by atoms with van der Waals surface area (Å²) in [5.74, 6) is 0.616. The van der Waals surface area contributed by atoms with Gasteiger partial charge in [-0.3, -0.25) is 0 Å². The van der Waals surface area contributed by atoms with Gasteiger partial charge in [0.05, 0.1) is 17.3 Å². The highest BCUT2D eigenvalue weighted by molar-refractivity contribution is 5.77. The van der Waals surface area contributed by atoms with Crippen LogP contribution in [0.3, 0.4) is 0 Å². The van der Waals surface area contributed by atoms with E-state index in [9.17, 15) is 20.1 Å². The maximum atomic E-state index is 11.3. The summed E-state index contributed by atoms with van der Waals surface area (Å²) < 4.78 is 10.9. The first-order valence-electron chi connectivity index (χ1n) is 10.1. The van der Waals surface area contributed by atoms with Gasteiger partial charge in [0.1, 0.15) is 17.9 Å². The van der Waals surface area contributed by atoms with Crippen LogP contribution in [0.1, 0.15) is 47.0 Å². The number of benzene rings is 1. The van der Waals surface area contributed by atoms with Gasteiger partial charge in [0.25, 0.3) is 0 Å². The average molecular weight is 417 g/mol. The Bertz CT molecular complexity index is 946. The summed E-state index contributed by atoms with van der Waals surface area (Å²) in [5, 5.41) is 30.9. The Hall–Kier alpha value is -2.41. The van der Waals surface area contributed by atoms with Crippen molar-refractivity contribution in [1.82, 2.24) is 0 Å². The number of hydrogen-bond acceptors (Lipinski definition) is 6. The van der Waals surface area contributed by atoms with Crippen molar-refractivity contribution in [3.8, 4) is 5.75 Å². The summed E-state index contributed by atoms with van der Waals surface area (Å²) in [7, 11) is 0. The van der Waals surface area contributed by atoms with Gasteiger partial charge in [0.15, 0.2) is 0 Å². The van der Waals surface area contributed by atoms with Gasteiger partial charge < -0.3 is 24.5 Å². The number of rotatable bonds is 10. The van der Waals surface area contributed by atoms with Crippen LogP contribution in [-0.2, 0) is 0 Å². The van der Waals surface area contributed by atoms with Gasteiger partial charge in [-0.15, -0.1) is 0 Å². The van der Waals surface area contributed by atoms with E-state index in [1.165, 1.54) is 6.07 Å². The second-order valence-electron chi connectivity index (χ2n) is 8.49. The molecule has 1 aromatic carbocycles. The fraction of sp³-hybridized carbons (Fsp3) is 0.458. The van der Waals surface area contributed by atoms with Crippen LogP contribution in [0.5, 0.6) is 5.75 Å². The fourth-order valence-corrected chi connectivity index (χ4v) is 2.86. The molecule has 2 aromatic rings. The molecule has 0 saturated heterocycles. The number of fused-ring (bicyclic) bond motifs is 1. The van der Waals surface area contributed by atoms with E-state index in [0.29, 0.717) is 37.2 Å². The summed E-state index contributed by atoms with van der Waals surface area (Å²) in [4.78, 5) is 11.3. The molecule has 6 heteroatoms. The first-order valence-corrected chi connectivity index (χ1v) is 10.1. The molecule has 0 spiro atoms. The normalized spacial score (nSPS) is 16.0. The molecule has 1 aromatic heterocycles. The lowest BCUT2D eigenvalue weighted by molar-refractivity contribution is -0.0591. The summed E-state index contributed by atoms with van der Waals surface area (Å²) in [6.07, 6.45) is 5.95. The van der Waals surface area contributed by atoms with Gasteiger partial charge in [-0.2, -0.15) is 0 Å². The lowest BCUT2D eigenvalue weighted by atomic mass is 9.91. The average Bonchev–Trinajstić information content (AvgIpc) is 2.65. The SMILES string of the molecule is C/C(=C\COc1ccc2ccc(=O)oc2c1)C/C=C/[C@@](C)(O)CC[C@@H](O)C(C)(C)O. The van der Waals surface area contributed by atoms with Crippen LogP contribution in [0.15, 0.2) is 63.3 Å². The first-order chi connectivity index (χ1) is 14.0. The highest BCUT2D eigenvalue weighted by atomic mass is 16.5. The zero-order chi connectivity index (χ0) is 22.4. The van der Waals surface area contributed by atoms with E-state index in [1.807, 2.05) is 31.2 Å². The third-order valence-corrected chi connectivity index (χ3v) is 4.93. The maximum Gasteiger partial charge on any atom is 0.336 e. The van der Waals surface area contributed by atoms with Crippen LogP contribution in [0.4, 0.5) is 0 Å². The quantitative estimate of drug-likeness (QED) is 0.403. The number of aliphatic hydroxyl groups is 3. The number of ether oxygens (including phenoxy) is 1. The summed E-state index contributed by atoms with van der Waals surface area (Å²) in [6, 6.07) is 8.45. The zero-order valence-electron chi connectivity index (χ0n) is 18.1. The monoisotopic (exact) mass is 416 g/mol. The van der Waals surface area contributed by atoms with Crippen molar-refractivity contribution in [3.63, 3.8) is 0 Å². The van der Waals surface area contributed by atoms with Crippen LogP contribution < -0.4 is 10.4 Å². The smallest absolute Gasteiger partial charge is 0.336 e. The molecule has 2 atom stereocenters. The molecular formula is C24H32O6. The van der Waals surface area contributed by atoms with Gasteiger partial charge in [-0.05, 0) is 71.2 Å². The summed E-state index contributed by atoms with van der Waals surface area (Å²) >= 11 is 0. The standard InChI is InChI=1S/C24H32O6/c1-17(6-5-13-24(4,28)14-11-21(25)23(2,3)27)12-15-29-19-9-7-18-8-10-22(26)30-20(18)16-19/h5,7-10,12-13,16,21,25,27-28H,6,11,14-15H2,1-4H3/b13-5+,17-12+/t21-,24-/m1/s1. The summed E-state index contributed by atoms with van der Waals surface area (Å²) in [6.45, 7) is 7.12. The molecule has 0 bridgehead atoms. The number of hydrogen-bond donors (Lipinski definition) is 3. The molecule has 1 heterocycles. The van der Waals surface area contributed by atoms with E-state index in [-0.39, 0.29) is 0 Å². The molecular weight excluding hydrogens is 384 g/mol. The molecule has 0 radical (unpaired) electrons. The Morgan fingerprint density at radius 2 is 1.90 bits per heavy atom. The van der Waals surface area contributed by atoms with Crippen molar-refractivity contribution in [3.05, 3.63) is 64.6 Å². The fourth-order valence-electron chi connectivity index (χ4n) is 2.86. The van der Waals surface area contributed by atoms with E-state index in [4.69, 9.17) is 9.15 Å². The van der Waals surface area contributed by atoms with Crippen LogP contribution in [0.25, 0.3) is 11.0 Å². The second-order valence-corrected chi connectivity index (χ2v) is 8.49. The molecule has 0 aliphatic rings. The van der Waals surface area contributed by atoms with Crippen LogP contribution in [0, 0.1) is 0 Å². The minimum absolute atomic E-state index is 0.301. The van der Waals surface area contributed by atoms with E-state index in [2.05, 4.69) is 0 Å². The predicted octanol–water partition coefficient (Wildman–Crippen LogP) is 3.73. The van der Waals surface area contributed by atoms with E-state index >= 15 is 0 Å². The number of aliphatic hydroxyl groups excluding tert-OH is 1. The highest BCUT2D eigenvalue weighted by Gasteiger charge is 2.27. The minimum atomic E-state index is -1.18. The Labute approximate surface area is 177 Å². The van der Waals surface area contributed by atoms with Crippen molar-refractivity contribution >= 4 is 11.0 Å². The lowest BCUT2D eigenvalue weighted by Crippen LogP contribution is -2.37. The zero-order valence-corrected chi connectivity index (χ0v) is 18.1. The molecule has 2 rings (SSSR count). The van der Waals surface area contributed by atoms with Crippen molar-refractivity contribution < 1.29 is 24.5 Å². The molecule has 0 aliphatic heterocycles. The molecule has 0 saturated carbocycles. The third kappa shape index (κ3) is 7.78. The van der Waals surface area contributed by atoms with Crippen molar-refractivity contribution in [1.29, 1.82) is 0 Å². The van der Waals surface area contributed by atoms with E-state index in [0.717, 1.165) is 11.0 Å². The van der Waals surface area contributed by atoms with Crippen molar-refractivity contribution in [2.75, 3.05) is 6.61 Å². The van der Waals surface area contributed by atoms with Crippen molar-refractivity contribution in [2.45, 2.75) is 64.3 Å². The van der Waals surface area contributed by atoms with Crippen LogP contribution in [0.2, 0.25) is 0 Å². The Morgan fingerprint density at radius 1 is 1.20 bits per heavy atom. The Morgan fingerprint density at radius 3 is 2.60 bits per heavy atom. The van der Waals surface area contributed by atoms with Crippen LogP contribution >= 0.6 is 0 Å². The number of allylic oxidation sites excluding steroid dienone is 2. The Balaban J connectivity index is 1.82. The van der Waals surface area contributed by atoms with Gasteiger partial charge in [0.2, 0.25) is 0 Å². The van der Waals surface area contributed by atoms with Gasteiger partial charge in [0, 0.05) is 17.5 Å². The molecule has 30 heavy (non-hydrogen) atoms. The highest BCUT2D eigenvalue weighted by Crippen LogP contribution is 2.21. The van der Waals surface area contributed by atoms with Crippen molar-refractivity contribution in [2.24, 2.45) is 0 Å². The van der Waals surface area contributed by atoms with Gasteiger partial charge >= 0.3 is 5.63 Å². The van der Waals surface area contributed by atoms with E-state index < -0.39 is 22.9 Å². The largest absolute Gasteiger partial charge is 0.489 e. The third-order valence-electron chi connectivity index (χ3n) is 4.93. The van der Waals surface area contributed by atoms with Gasteiger partial charge in [-0.1, -0.05) is 17.7 Å². The molecule has 0 unspecified atom stereocenters. The topological polar surface area (TPSA) is 100 Å². The second kappa shape index (κ2) is 10.1. The Kier molecular flexibility index (Phi) is 8.01. The molecule has 3 N–H and O–H groups in total. The molecule has 164 valence electrons. The van der Waals surface area contributed by atoms with E-state index in [1.54, 1.807) is 39.0 Å². The lowest BCUT2D eigenvalue weighted by Gasteiger charge is -2.27. The maximum absolute atomic E-state index is 11.3. The van der Waals surface area contributed by atoms with Gasteiger partial charge in [-0.25, -0.2) is 4.79 Å². The molecule has 0 fully saturated rings. The molecule has 0 amide bonds. The summed E-state index contributed by atoms with van der Waals surface area (Å²) in [5.41, 5.74) is -1.08. The first kappa shape index (κ1) is 23.9. The minimum Gasteiger partial charge on any atom is -0.489 e. The molecule has 0 aliphatic carbocycles. The molecule has 6 nitrogen and oxygen atoms in total.